The molecule has 4 heteroatoms. The summed E-state index contributed by atoms with van der Waals surface area (Å²) in [7, 11) is 0. The maximum absolute atomic E-state index is 11.6. The molecule has 0 amide bonds. The highest BCUT2D eigenvalue weighted by molar-refractivity contribution is 6.08. The summed E-state index contributed by atoms with van der Waals surface area (Å²) in [5.41, 5.74) is 2.42. The maximum Gasteiger partial charge on any atom is 0.190 e. The van der Waals surface area contributed by atoms with Crippen LogP contribution in [0, 0.1) is 0 Å². The van der Waals surface area contributed by atoms with Crippen molar-refractivity contribution >= 4 is 16.7 Å². The first-order valence-electron chi connectivity index (χ1n) is 6.70. The lowest BCUT2D eigenvalue weighted by Gasteiger charge is -2.06. The third-order valence-corrected chi connectivity index (χ3v) is 3.35. The summed E-state index contributed by atoms with van der Waals surface area (Å²) in [5, 5.41) is 9.74. The van der Waals surface area contributed by atoms with Crippen LogP contribution in [0.1, 0.15) is 15.9 Å². The van der Waals surface area contributed by atoms with Crippen LogP contribution in [0.2, 0.25) is 0 Å². The number of fused-ring (bicyclic) bond motifs is 1. The molecule has 0 fully saturated rings. The minimum atomic E-state index is -0.487. The number of hydrogen-bond donors (Lipinski definition) is 2. The molecule has 0 aliphatic heterocycles. The van der Waals surface area contributed by atoms with Gasteiger partial charge in [-0.1, -0.05) is 30.3 Å². The van der Waals surface area contributed by atoms with E-state index in [-0.39, 0.29) is 5.78 Å². The summed E-state index contributed by atoms with van der Waals surface area (Å²) >= 11 is 0. The Balaban J connectivity index is 1.80. The van der Waals surface area contributed by atoms with Gasteiger partial charge in [-0.2, -0.15) is 0 Å². The first kappa shape index (κ1) is 13.4. The molecular weight excluding hydrogens is 266 g/mol. The van der Waals surface area contributed by atoms with Crippen LogP contribution < -0.4 is 4.74 Å². The van der Waals surface area contributed by atoms with E-state index in [9.17, 15) is 4.79 Å². The van der Waals surface area contributed by atoms with Crippen LogP contribution in [0.4, 0.5) is 0 Å². The van der Waals surface area contributed by atoms with Gasteiger partial charge in [-0.3, -0.25) is 4.79 Å². The number of aliphatic hydroxyl groups excluding tert-OH is 1. The molecule has 1 aromatic heterocycles. The number of benzene rings is 2. The minimum Gasteiger partial charge on any atom is -0.489 e. The molecule has 3 rings (SSSR count). The van der Waals surface area contributed by atoms with E-state index >= 15 is 0 Å². The van der Waals surface area contributed by atoms with Crippen molar-refractivity contribution in [3.8, 4) is 5.75 Å². The van der Waals surface area contributed by atoms with E-state index in [0.717, 1.165) is 22.2 Å². The van der Waals surface area contributed by atoms with Gasteiger partial charge in [0.2, 0.25) is 0 Å². The third kappa shape index (κ3) is 2.80. The van der Waals surface area contributed by atoms with Crippen LogP contribution >= 0.6 is 0 Å². The molecule has 1 heterocycles. The van der Waals surface area contributed by atoms with Crippen molar-refractivity contribution in [3.63, 3.8) is 0 Å². The van der Waals surface area contributed by atoms with E-state index in [1.54, 1.807) is 6.20 Å². The second-order valence-corrected chi connectivity index (χ2v) is 4.77. The monoisotopic (exact) mass is 281 g/mol. The summed E-state index contributed by atoms with van der Waals surface area (Å²) in [5.74, 6) is 0.440. The van der Waals surface area contributed by atoms with E-state index in [1.165, 1.54) is 0 Å². The van der Waals surface area contributed by atoms with Gasteiger partial charge in [-0.25, -0.2) is 0 Å². The average Bonchev–Trinajstić information content (AvgIpc) is 2.96. The summed E-state index contributed by atoms with van der Waals surface area (Å²) in [6.45, 7) is 0.00863. The van der Waals surface area contributed by atoms with E-state index in [1.807, 2.05) is 48.5 Å². The zero-order valence-corrected chi connectivity index (χ0v) is 11.4. The minimum absolute atomic E-state index is 0.292. The molecule has 0 radical (unpaired) electrons. The number of carbonyl (C=O) groups is 1. The van der Waals surface area contributed by atoms with Gasteiger partial charge < -0.3 is 14.8 Å². The molecule has 21 heavy (non-hydrogen) atoms. The zero-order valence-electron chi connectivity index (χ0n) is 11.4. The number of aromatic nitrogens is 1. The number of ketones is 1. The molecule has 0 saturated carbocycles. The highest BCUT2D eigenvalue weighted by Crippen LogP contribution is 2.24. The fraction of sp³-hybridized carbons (Fsp3) is 0.118. The van der Waals surface area contributed by atoms with E-state index in [4.69, 9.17) is 9.84 Å². The van der Waals surface area contributed by atoms with Gasteiger partial charge in [0.05, 0.1) is 0 Å². The molecule has 0 atom stereocenters. The van der Waals surface area contributed by atoms with Crippen molar-refractivity contribution in [3.05, 3.63) is 65.9 Å². The molecular formula is C17H15NO3. The van der Waals surface area contributed by atoms with Crippen molar-refractivity contribution in [2.24, 2.45) is 0 Å². The fourth-order valence-corrected chi connectivity index (χ4v) is 2.25. The number of hydrogen-bond acceptors (Lipinski definition) is 3. The number of nitrogens with one attached hydrogen (secondary N) is 1. The molecule has 0 aliphatic rings. The van der Waals surface area contributed by atoms with Crippen LogP contribution in [0.25, 0.3) is 10.9 Å². The first-order valence-corrected chi connectivity index (χ1v) is 6.70. The van der Waals surface area contributed by atoms with Crippen molar-refractivity contribution in [1.29, 1.82) is 0 Å². The van der Waals surface area contributed by atoms with Crippen LogP contribution in [0.3, 0.4) is 0 Å². The molecule has 106 valence electrons. The highest BCUT2D eigenvalue weighted by Gasteiger charge is 2.11. The number of aliphatic hydroxyl groups is 1. The zero-order chi connectivity index (χ0) is 14.7. The van der Waals surface area contributed by atoms with Gasteiger partial charge in [0.1, 0.15) is 19.0 Å². The number of H-pyrrole nitrogens is 1. The van der Waals surface area contributed by atoms with Crippen LogP contribution in [-0.2, 0) is 6.61 Å². The van der Waals surface area contributed by atoms with E-state index in [2.05, 4.69) is 4.98 Å². The van der Waals surface area contributed by atoms with Gasteiger partial charge in [0.15, 0.2) is 5.78 Å². The Labute approximate surface area is 122 Å². The number of aromatic amines is 1. The topological polar surface area (TPSA) is 62.3 Å². The molecule has 0 saturated heterocycles. The predicted molar refractivity (Wildman–Crippen MR) is 80.5 cm³/mol. The van der Waals surface area contributed by atoms with Crippen LogP contribution in [-0.4, -0.2) is 22.5 Å². The fourth-order valence-electron chi connectivity index (χ4n) is 2.25. The molecule has 0 spiro atoms. The van der Waals surface area contributed by atoms with Gasteiger partial charge in [0, 0.05) is 28.7 Å². The number of carbonyl (C=O) groups excluding carboxylic acids is 1. The van der Waals surface area contributed by atoms with Crippen molar-refractivity contribution in [2.75, 3.05) is 6.61 Å². The van der Waals surface area contributed by atoms with Gasteiger partial charge >= 0.3 is 0 Å². The predicted octanol–water partition coefficient (Wildman–Crippen LogP) is 2.92. The van der Waals surface area contributed by atoms with Crippen LogP contribution in [0.5, 0.6) is 5.75 Å². The molecule has 0 aliphatic carbocycles. The lowest BCUT2D eigenvalue weighted by Crippen LogP contribution is -2.02. The van der Waals surface area contributed by atoms with Crippen LogP contribution in [0.15, 0.2) is 54.7 Å². The Morgan fingerprint density at radius 2 is 1.95 bits per heavy atom. The largest absolute Gasteiger partial charge is 0.489 e. The quantitative estimate of drug-likeness (QED) is 0.707. The van der Waals surface area contributed by atoms with Gasteiger partial charge in [-0.05, 0) is 17.7 Å². The standard InChI is InChI=1S/C17H15NO3/c19-10-17(20)15-9-18-16-8-13(6-7-14(15)16)21-11-12-4-2-1-3-5-12/h1-9,18-19H,10-11H2. The molecule has 3 aromatic rings. The molecule has 2 N–H and O–H groups in total. The Kier molecular flexibility index (Phi) is 3.71. The summed E-state index contributed by atoms with van der Waals surface area (Å²) in [6.07, 6.45) is 1.62. The smallest absolute Gasteiger partial charge is 0.190 e. The molecule has 0 bridgehead atoms. The summed E-state index contributed by atoms with van der Waals surface area (Å²) in [4.78, 5) is 14.6. The number of rotatable bonds is 5. The Hall–Kier alpha value is -2.59. The molecule has 0 unspecified atom stereocenters. The normalized spacial score (nSPS) is 10.7. The highest BCUT2D eigenvalue weighted by atomic mass is 16.5. The molecule has 4 nitrogen and oxygen atoms in total. The Morgan fingerprint density at radius 1 is 1.14 bits per heavy atom. The second-order valence-electron chi connectivity index (χ2n) is 4.77. The second kappa shape index (κ2) is 5.81. The van der Waals surface area contributed by atoms with Gasteiger partial charge in [0.25, 0.3) is 0 Å². The number of Topliss-reactive ketones (excluding diaryl/α,β-unsaturated/α-hetero) is 1. The Morgan fingerprint density at radius 3 is 2.71 bits per heavy atom. The van der Waals surface area contributed by atoms with E-state index < -0.39 is 6.61 Å². The van der Waals surface area contributed by atoms with Crippen molar-refractivity contribution in [2.45, 2.75) is 6.61 Å². The lowest BCUT2D eigenvalue weighted by molar-refractivity contribution is 0.0905. The Bertz CT molecular complexity index is 762. The lowest BCUT2D eigenvalue weighted by atomic mass is 10.1. The number of ether oxygens (including phenoxy) is 1. The first-order chi connectivity index (χ1) is 10.3. The maximum atomic E-state index is 11.6. The molecule has 2 aromatic carbocycles. The van der Waals surface area contributed by atoms with E-state index in [0.29, 0.717) is 12.2 Å². The summed E-state index contributed by atoms with van der Waals surface area (Å²) in [6, 6.07) is 15.4. The van der Waals surface area contributed by atoms with Crippen molar-refractivity contribution < 1.29 is 14.6 Å². The summed E-state index contributed by atoms with van der Waals surface area (Å²) < 4.78 is 5.74. The third-order valence-electron chi connectivity index (χ3n) is 3.35. The van der Waals surface area contributed by atoms with Gasteiger partial charge in [-0.15, -0.1) is 0 Å². The van der Waals surface area contributed by atoms with Crippen molar-refractivity contribution in [1.82, 2.24) is 4.98 Å². The average molecular weight is 281 g/mol. The SMILES string of the molecule is O=C(CO)c1c[nH]c2cc(OCc3ccccc3)ccc12.